The molecule has 0 saturated heterocycles. The van der Waals surface area contributed by atoms with Crippen molar-refractivity contribution in [3.8, 4) is 5.75 Å². The number of ether oxygens (including phenoxy) is 1. The summed E-state index contributed by atoms with van der Waals surface area (Å²) in [5.41, 5.74) is 3.88. The summed E-state index contributed by atoms with van der Waals surface area (Å²) >= 11 is 0. The summed E-state index contributed by atoms with van der Waals surface area (Å²) in [7, 11) is 0. The van der Waals surface area contributed by atoms with Gasteiger partial charge >= 0.3 is 0 Å². The molecule has 1 aromatic heterocycles. The molecule has 1 aliphatic carbocycles. The van der Waals surface area contributed by atoms with Crippen molar-refractivity contribution in [3.63, 3.8) is 0 Å². The van der Waals surface area contributed by atoms with Crippen molar-refractivity contribution in [2.45, 2.75) is 38.8 Å². The third-order valence-corrected chi connectivity index (χ3v) is 5.94. The van der Waals surface area contributed by atoms with Gasteiger partial charge < -0.3 is 15.0 Å². The molecule has 1 saturated carbocycles. The number of hydrogen-bond acceptors (Lipinski definition) is 4. The molecule has 6 nitrogen and oxygen atoms in total. The molecule has 0 spiro atoms. The Labute approximate surface area is 188 Å². The van der Waals surface area contributed by atoms with Gasteiger partial charge in [0.1, 0.15) is 18.2 Å². The van der Waals surface area contributed by atoms with E-state index in [2.05, 4.69) is 10.3 Å². The highest BCUT2D eigenvalue weighted by Crippen LogP contribution is 2.36. The largest absolute Gasteiger partial charge is 0.489 e. The molecule has 2 heterocycles. The Hall–Kier alpha value is -3.67. The molecule has 0 unspecified atom stereocenters. The van der Waals surface area contributed by atoms with Crippen molar-refractivity contribution < 1.29 is 15.8 Å². The van der Waals surface area contributed by atoms with E-state index < -0.39 is 0 Å². The number of pyridine rings is 1. The molecule has 5 rings (SSSR count). The van der Waals surface area contributed by atoms with Gasteiger partial charge in [0.15, 0.2) is 0 Å². The molecule has 1 N–H and O–H groups in total. The highest BCUT2D eigenvalue weighted by molar-refractivity contribution is 6.07. The first-order valence-corrected chi connectivity index (χ1v) is 11.0. The topological polar surface area (TPSA) is 71.5 Å². The van der Waals surface area contributed by atoms with Crippen LogP contribution in [0.25, 0.3) is 0 Å². The van der Waals surface area contributed by atoms with Gasteiger partial charge in [0.25, 0.3) is 11.8 Å². The van der Waals surface area contributed by atoms with Crippen LogP contribution in [-0.4, -0.2) is 34.3 Å². The molecule has 0 bridgehead atoms. The number of nitrogens with one attached hydrogen (secondary N) is 1. The van der Waals surface area contributed by atoms with Crippen LogP contribution in [0, 0.1) is 6.92 Å². The maximum Gasteiger partial charge on any atom is 0.256 e. The number of aryl methyl sites for hydroxylation is 1. The van der Waals surface area contributed by atoms with Crippen LogP contribution in [0.3, 0.4) is 0 Å². The lowest BCUT2D eigenvalue weighted by Gasteiger charge is -2.30. The number of nitrogens with zero attached hydrogens (tertiary/aromatic N) is 2. The summed E-state index contributed by atoms with van der Waals surface area (Å²) in [6.07, 6.45) is 4.53. The molecule has 0 radical (unpaired) electrons. The summed E-state index contributed by atoms with van der Waals surface area (Å²) in [6.45, 7) is 3.01. The summed E-state index contributed by atoms with van der Waals surface area (Å²) < 4.78 is 6.14. The molecule has 2 amide bonds. The van der Waals surface area contributed by atoms with Crippen molar-refractivity contribution in [2.75, 3.05) is 11.9 Å². The zero-order chi connectivity index (χ0) is 22.1. The molecule has 164 valence electrons. The summed E-state index contributed by atoms with van der Waals surface area (Å²) in [5.74, 6) is 0.736. The molecule has 0 atom stereocenters. The quantitative estimate of drug-likeness (QED) is 0.620. The minimum Gasteiger partial charge on any atom is -0.489 e. The number of amides is 2. The number of carbonyl (C=O) groups is 2. The van der Waals surface area contributed by atoms with E-state index in [1.165, 1.54) is 0 Å². The number of anilines is 1. The Kier molecular flexibility index (Phi) is 5.35. The summed E-state index contributed by atoms with van der Waals surface area (Å²) in [6, 6.07) is 17.3. The number of fused-ring (bicyclic) bond motifs is 1. The second kappa shape index (κ2) is 8.46. The third-order valence-electron chi connectivity index (χ3n) is 5.94. The van der Waals surface area contributed by atoms with Crippen LogP contribution in [-0.2, 0) is 13.0 Å². The molecular formula is C26H27N3O3. The molecule has 2 aliphatic rings. The normalized spacial score (nSPS) is 15.3. The predicted molar refractivity (Wildman–Crippen MR) is 124 cm³/mol. The maximum absolute atomic E-state index is 13.2. The molecule has 3 aromatic rings. The van der Waals surface area contributed by atoms with Gasteiger partial charge in [0.05, 0.1) is 0 Å². The third kappa shape index (κ3) is 4.21. The average Bonchev–Trinajstić information content (AvgIpc) is 3.65. The lowest BCUT2D eigenvalue weighted by Crippen LogP contribution is -2.39. The first kappa shape index (κ1) is 20.2. The van der Waals surface area contributed by atoms with Crippen molar-refractivity contribution in [1.29, 1.82) is 0 Å². The zero-order valence-corrected chi connectivity index (χ0v) is 18.0. The number of rotatable bonds is 6. The summed E-state index contributed by atoms with van der Waals surface area (Å²) in [5, 5.41) is 2.82. The van der Waals surface area contributed by atoms with E-state index in [1.807, 2.05) is 48.2 Å². The van der Waals surface area contributed by atoms with E-state index in [0.29, 0.717) is 41.9 Å². The van der Waals surface area contributed by atoms with Crippen molar-refractivity contribution in [3.05, 3.63) is 88.6 Å². The van der Waals surface area contributed by atoms with E-state index in [0.717, 1.165) is 36.0 Å². The Balaban J connectivity index is 0.00000259. The van der Waals surface area contributed by atoms with E-state index in [1.54, 1.807) is 24.4 Å². The molecule has 2 aromatic carbocycles. The standard InChI is InChI=1S/C26H25N3O3.H2/c1-17-7-10-24(27-15-17)28-25(30)19-13-22-21(11-12-29(26(22)31)20-8-9-20)23(14-19)32-16-18-5-3-2-4-6-18;/h2-7,10,13-15,20H,8-9,11-12,16H2,1H3,(H,27,28,30);1H. The van der Waals surface area contributed by atoms with Crippen LogP contribution in [0.1, 0.15) is 51.7 Å². The van der Waals surface area contributed by atoms with E-state index in [9.17, 15) is 9.59 Å². The number of carbonyl (C=O) groups excluding carboxylic acids is 2. The van der Waals surface area contributed by atoms with Gasteiger partial charge in [-0.3, -0.25) is 9.59 Å². The highest BCUT2D eigenvalue weighted by atomic mass is 16.5. The average molecular weight is 430 g/mol. The zero-order valence-electron chi connectivity index (χ0n) is 18.0. The van der Waals surface area contributed by atoms with Crippen LogP contribution >= 0.6 is 0 Å². The maximum atomic E-state index is 13.2. The smallest absolute Gasteiger partial charge is 0.256 e. The van der Waals surface area contributed by atoms with Crippen LogP contribution in [0.4, 0.5) is 5.82 Å². The Morgan fingerprint density at radius 2 is 2.00 bits per heavy atom. The van der Waals surface area contributed by atoms with Gasteiger partial charge in [-0.25, -0.2) is 4.98 Å². The van der Waals surface area contributed by atoms with E-state index in [-0.39, 0.29) is 13.2 Å². The minimum atomic E-state index is -0.315. The van der Waals surface area contributed by atoms with Crippen LogP contribution in [0.15, 0.2) is 60.8 Å². The predicted octanol–water partition coefficient (Wildman–Crippen LogP) is 4.63. The second-order valence-electron chi connectivity index (χ2n) is 8.43. The van der Waals surface area contributed by atoms with E-state index >= 15 is 0 Å². The number of benzene rings is 2. The Morgan fingerprint density at radius 3 is 2.72 bits per heavy atom. The van der Waals surface area contributed by atoms with Crippen LogP contribution < -0.4 is 10.1 Å². The monoisotopic (exact) mass is 429 g/mol. The van der Waals surface area contributed by atoms with Crippen molar-refractivity contribution >= 4 is 17.6 Å². The Morgan fingerprint density at radius 1 is 1.19 bits per heavy atom. The molecule has 1 aliphatic heterocycles. The van der Waals surface area contributed by atoms with Crippen molar-refractivity contribution in [2.24, 2.45) is 0 Å². The minimum absolute atomic E-state index is 0. The fourth-order valence-electron chi connectivity index (χ4n) is 4.04. The van der Waals surface area contributed by atoms with Gasteiger partial charge in [-0.05, 0) is 55.5 Å². The van der Waals surface area contributed by atoms with Crippen LogP contribution in [0.5, 0.6) is 5.75 Å². The SMILES string of the molecule is Cc1ccc(NC(=O)c2cc(OCc3ccccc3)c3c(c2)C(=O)N(C2CC2)CC3)nc1.[HH]. The molecule has 32 heavy (non-hydrogen) atoms. The lowest BCUT2D eigenvalue weighted by atomic mass is 9.95. The summed E-state index contributed by atoms with van der Waals surface area (Å²) in [4.78, 5) is 32.4. The van der Waals surface area contributed by atoms with Crippen molar-refractivity contribution in [1.82, 2.24) is 9.88 Å². The molecule has 6 heteroatoms. The Bertz CT molecular complexity index is 1160. The van der Waals surface area contributed by atoms with Gasteiger partial charge in [0, 0.05) is 36.9 Å². The van der Waals surface area contributed by atoms with Gasteiger partial charge in [-0.2, -0.15) is 0 Å². The molecule has 1 fully saturated rings. The van der Waals surface area contributed by atoms with Crippen LogP contribution in [0.2, 0.25) is 0 Å². The molecular weight excluding hydrogens is 402 g/mol. The fourth-order valence-corrected chi connectivity index (χ4v) is 4.04. The lowest BCUT2D eigenvalue weighted by molar-refractivity contribution is 0.0725. The second-order valence-corrected chi connectivity index (χ2v) is 8.43. The van der Waals surface area contributed by atoms with Gasteiger partial charge in [-0.15, -0.1) is 0 Å². The van der Waals surface area contributed by atoms with E-state index in [4.69, 9.17) is 4.74 Å². The first-order valence-electron chi connectivity index (χ1n) is 11.0. The first-order chi connectivity index (χ1) is 15.6. The van der Waals surface area contributed by atoms with Gasteiger partial charge in [-0.1, -0.05) is 36.4 Å². The number of aromatic nitrogens is 1. The van der Waals surface area contributed by atoms with Gasteiger partial charge in [0.2, 0.25) is 0 Å². The highest BCUT2D eigenvalue weighted by Gasteiger charge is 2.37. The number of hydrogen-bond donors (Lipinski definition) is 1. The fraction of sp³-hybridized carbons (Fsp3) is 0.269.